The molecule has 0 saturated carbocycles. The van der Waals surface area contributed by atoms with E-state index < -0.39 is 50.7 Å². The van der Waals surface area contributed by atoms with E-state index in [2.05, 4.69) is 0 Å². The maximum absolute atomic E-state index is 11.5. The van der Waals surface area contributed by atoms with Gasteiger partial charge in [0, 0.05) is 5.39 Å². The van der Waals surface area contributed by atoms with Gasteiger partial charge in [-0.15, -0.1) is 0 Å². The summed E-state index contributed by atoms with van der Waals surface area (Å²) in [6.07, 6.45) is 0. The average Bonchev–Trinajstić information content (AvgIpc) is 2.33. The summed E-state index contributed by atoms with van der Waals surface area (Å²) in [5.41, 5.74) is 4.47. The molecule has 2 rings (SSSR count). The molecule has 0 aliphatic heterocycles. The van der Waals surface area contributed by atoms with Gasteiger partial charge in [0.25, 0.3) is 30.4 Å². The quantitative estimate of drug-likeness (QED) is 0.263. The number of hydrogen-bond acceptors (Lipinski definition) is 7. The van der Waals surface area contributed by atoms with E-state index >= 15 is 0 Å². The van der Waals surface area contributed by atoms with Crippen molar-refractivity contribution in [3.05, 3.63) is 24.3 Å². The van der Waals surface area contributed by atoms with Crippen LogP contribution in [0.4, 0.5) is 5.69 Å². The first-order valence-corrected chi connectivity index (χ1v) is 9.83. The second kappa shape index (κ2) is 8.08. The van der Waals surface area contributed by atoms with E-state index in [4.69, 9.17) is 14.8 Å². The van der Waals surface area contributed by atoms with Gasteiger partial charge in [0.1, 0.15) is 9.79 Å². The van der Waals surface area contributed by atoms with Gasteiger partial charge in [0.2, 0.25) is 0 Å². The second-order valence-electron chi connectivity index (χ2n) is 4.43. The van der Waals surface area contributed by atoms with Crippen molar-refractivity contribution in [2.75, 3.05) is 5.73 Å². The summed E-state index contributed by atoms with van der Waals surface area (Å²) in [6.45, 7) is 0. The zero-order chi connectivity index (χ0) is 17.8. The number of nitrogens with two attached hydrogens (primary N) is 1. The fourth-order valence-corrected chi connectivity index (χ4v) is 4.08. The maximum atomic E-state index is 11.5. The van der Waals surface area contributed by atoms with Crippen molar-refractivity contribution in [2.45, 2.75) is 14.7 Å². The van der Waals surface area contributed by atoms with E-state index in [1.807, 2.05) is 0 Å². The van der Waals surface area contributed by atoms with Crippen LogP contribution in [0.1, 0.15) is 0 Å². The predicted molar refractivity (Wildman–Crippen MR) is 92.1 cm³/mol. The average molecular weight is 431 g/mol. The van der Waals surface area contributed by atoms with Gasteiger partial charge in [0.15, 0.2) is 0 Å². The molecule has 0 aliphatic carbocycles. The normalized spacial score (nSPS) is 12.3. The molecule has 5 N–H and O–H groups in total. The Balaban J connectivity index is 0.00000288. The summed E-state index contributed by atoms with van der Waals surface area (Å²) in [4.78, 5) is -2.70. The molecule has 0 unspecified atom stereocenters. The Kier molecular flexibility index (Phi) is 8.15. The Bertz CT molecular complexity index is 1140. The molecule has 0 heterocycles. The number of nitrogen functional groups attached to an aromatic ring is 1. The summed E-state index contributed by atoms with van der Waals surface area (Å²) in [5.74, 6) is 0. The van der Waals surface area contributed by atoms with Crippen molar-refractivity contribution in [3.8, 4) is 0 Å². The van der Waals surface area contributed by atoms with Gasteiger partial charge >= 0.3 is 59.1 Å². The molecule has 15 heteroatoms. The summed E-state index contributed by atoms with van der Waals surface area (Å²) < 4.78 is 95.0. The molecule has 10 nitrogen and oxygen atoms in total. The molecule has 0 bridgehead atoms. The Morgan fingerprint density at radius 2 is 1.28 bits per heavy atom. The van der Waals surface area contributed by atoms with E-state index in [9.17, 15) is 29.8 Å². The van der Waals surface area contributed by atoms with E-state index in [0.29, 0.717) is 6.07 Å². The van der Waals surface area contributed by atoms with Crippen molar-refractivity contribution in [3.63, 3.8) is 0 Å². The molecule has 130 valence electrons. The van der Waals surface area contributed by atoms with Crippen LogP contribution in [-0.4, -0.2) is 98.0 Å². The fraction of sp³-hybridized carbons (Fsp3) is 0. The van der Waals surface area contributed by atoms with Crippen molar-refractivity contribution < 1.29 is 38.9 Å². The zero-order valence-electron chi connectivity index (χ0n) is 10.9. The Morgan fingerprint density at radius 1 is 0.760 bits per heavy atom. The number of benzene rings is 2. The predicted octanol–water partition coefficient (Wildman–Crippen LogP) is -1.13. The topological polar surface area (TPSA) is 189 Å². The number of fused-ring (bicyclic) bond motifs is 1. The van der Waals surface area contributed by atoms with Crippen LogP contribution in [0.2, 0.25) is 0 Å². The Labute approximate surface area is 187 Å². The summed E-state index contributed by atoms with van der Waals surface area (Å²) in [6, 6.07) is 3.21. The zero-order valence-corrected chi connectivity index (χ0v) is 13.4. The van der Waals surface area contributed by atoms with E-state index in [1.165, 1.54) is 0 Å². The summed E-state index contributed by atoms with van der Waals surface area (Å²) in [5, 5.41) is -0.612. The standard InChI is InChI=1S/C10H9NO9S3.2Na.2H/c11-9-8(22(15,16)17)4-5-3-6(21(12,13)14)1-2-7(5)10(9)23(18,19)20;;;;/h1-4H,11H2,(H,12,13,14)(H,15,16,17)(H,18,19,20);;;;. The molecule has 2 aromatic rings. The van der Waals surface area contributed by atoms with Crippen LogP contribution < -0.4 is 5.73 Å². The third kappa shape index (κ3) is 5.37. The van der Waals surface area contributed by atoms with Crippen LogP contribution >= 0.6 is 0 Å². The van der Waals surface area contributed by atoms with Crippen molar-refractivity contribution in [1.82, 2.24) is 0 Å². The fourth-order valence-electron chi connectivity index (χ4n) is 1.99. The molecule has 0 amide bonds. The number of anilines is 1. The molecular formula is C10H11NNa2O9S3. The third-order valence-electron chi connectivity index (χ3n) is 2.90. The first-order valence-electron chi connectivity index (χ1n) is 5.51. The number of rotatable bonds is 3. The molecule has 0 atom stereocenters. The molecule has 0 aromatic heterocycles. The van der Waals surface area contributed by atoms with Crippen molar-refractivity contribution >= 4 is 106 Å². The molecule has 0 saturated heterocycles. The van der Waals surface area contributed by atoms with Gasteiger partial charge in [-0.2, -0.15) is 25.3 Å². The van der Waals surface area contributed by atoms with Gasteiger partial charge in [-0.1, -0.05) is 6.07 Å². The molecule has 0 radical (unpaired) electrons. The second-order valence-corrected chi connectivity index (χ2v) is 8.60. The van der Waals surface area contributed by atoms with Gasteiger partial charge in [-0.25, -0.2) is 0 Å². The minimum absolute atomic E-state index is 0. The van der Waals surface area contributed by atoms with Gasteiger partial charge in [-0.05, 0) is 23.6 Å². The first kappa shape index (κ1) is 25.2. The Morgan fingerprint density at radius 3 is 1.68 bits per heavy atom. The minimum atomic E-state index is -5.00. The first-order chi connectivity index (χ1) is 10.2. The van der Waals surface area contributed by atoms with Crippen LogP contribution in [0.5, 0.6) is 0 Å². The molecule has 25 heavy (non-hydrogen) atoms. The third-order valence-corrected chi connectivity index (χ3v) is 5.60. The summed E-state index contributed by atoms with van der Waals surface area (Å²) in [7, 11) is -14.6. The van der Waals surface area contributed by atoms with Crippen LogP contribution in [-0.2, 0) is 30.4 Å². The van der Waals surface area contributed by atoms with Crippen LogP contribution in [0, 0.1) is 0 Å². The summed E-state index contributed by atoms with van der Waals surface area (Å²) >= 11 is 0. The monoisotopic (exact) mass is 431 g/mol. The number of hydrogen-bond donors (Lipinski definition) is 4. The van der Waals surface area contributed by atoms with Crippen LogP contribution in [0.3, 0.4) is 0 Å². The van der Waals surface area contributed by atoms with E-state index in [-0.39, 0.29) is 69.9 Å². The van der Waals surface area contributed by atoms with Crippen molar-refractivity contribution in [2.24, 2.45) is 0 Å². The van der Waals surface area contributed by atoms with E-state index in [1.54, 1.807) is 0 Å². The molecule has 0 spiro atoms. The molecule has 0 aliphatic rings. The Hall–Kier alpha value is 0.230. The molecular weight excluding hydrogens is 420 g/mol. The van der Waals surface area contributed by atoms with Crippen molar-refractivity contribution in [1.29, 1.82) is 0 Å². The molecule has 2 aromatic carbocycles. The van der Waals surface area contributed by atoms with Crippen LogP contribution in [0.25, 0.3) is 10.8 Å². The van der Waals surface area contributed by atoms with Gasteiger partial charge in [0.05, 0.1) is 10.6 Å². The van der Waals surface area contributed by atoms with Gasteiger partial charge < -0.3 is 5.73 Å². The van der Waals surface area contributed by atoms with Gasteiger partial charge in [-0.3, -0.25) is 13.7 Å². The SMILES string of the molecule is Nc1c(S(=O)(=O)O)cc2cc(S(=O)(=O)O)ccc2c1S(=O)(=O)O.[NaH].[NaH]. The molecule has 0 fully saturated rings. The van der Waals surface area contributed by atoms with Crippen LogP contribution in [0.15, 0.2) is 39.0 Å². The van der Waals surface area contributed by atoms with E-state index in [0.717, 1.165) is 18.2 Å².